The highest BCUT2D eigenvalue weighted by atomic mass is 35.5. The van der Waals surface area contributed by atoms with Crippen molar-refractivity contribution in [2.75, 3.05) is 13.2 Å². The summed E-state index contributed by atoms with van der Waals surface area (Å²) < 4.78 is 77.5. The second-order valence-electron chi connectivity index (χ2n) is 8.21. The van der Waals surface area contributed by atoms with Crippen molar-refractivity contribution in [3.63, 3.8) is 0 Å². The van der Waals surface area contributed by atoms with Crippen molar-refractivity contribution in [3.05, 3.63) is 68.7 Å². The second kappa shape index (κ2) is 9.45. The van der Waals surface area contributed by atoms with Gasteiger partial charge in [-0.25, -0.2) is 0 Å². The molecular formula is C21H17Cl2F4N3O5S. The van der Waals surface area contributed by atoms with Crippen LogP contribution in [0, 0.1) is 6.92 Å². The smallest absolute Gasteiger partial charge is 0.374 e. The van der Waals surface area contributed by atoms with Crippen LogP contribution < -0.4 is 5.32 Å². The van der Waals surface area contributed by atoms with Gasteiger partial charge < -0.3 is 10.2 Å². The van der Waals surface area contributed by atoms with Crippen molar-refractivity contribution in [2.45, 2.75) is 31.2 Å². The number of nitrogens with zero attached hydrogens (tertiary/aromatic N) is 2. The lowest BCUT2D eigenvalue weighted by atomic mass is 9.86. The molecule has 0 spiro atoms. The van der Waals surface area contributed by atoms with E-state index in [0.29, 0.717) is 11.1 Å². The fourth-order valence-corrected chi connectivity index (χ4v) is 4.98. The molecule has 2 atom stereocenters. The number of halogens is 6. The summed E-state index contributed by atoms with van der Waals surface area (Å²) in [4.78, 5) is 22.3. The number of alkyl halides is 3. The van der Waals surface area contributed by atoms with Crippen molar-refractivity contribution in [1.82, 2.24) is 9.79 Å². The number of carbonyl (C=O) groups excluding carboxylic acids is 1. The van der Waals surface area contributed by atoms with E-state index >= 15 is 0 Å². The Bertz CT molecular complexity index is 1340. The Morgan fingerprint density at radius 3 is 2.42 bits per heavy atom. The minimum Gasteiger partial charge on any atom is -0.374 e. The number of oxime groups is 1. The van der Waals surface area contributed by atoms with Gasteiger partial charge in [0.05, 0.1) is 24.9 Å². The summed E-state index contributed by atoms with van der Waals surface area (Å²) >= 11 is 11.8. The minimum atomic E-state index is -5.06. The molecule has 1 amide bonds. The molecule has 2 aliphatic rings. The van der Waals surface area contributed by atoms with Gasteiger partial charge in [-0.05, 0) is 48.4 Å². The summed E-state index contributed by atoms with van der Waals surface area (Å²) in [5.74, 6) is -0.603. The molecule has 8 nitrogen and oxygen atoms in total. The molecular weight excluding hydrogens is 553 g/mol. The van der Waals surface area contributed by atoms with Crippen LogP contribution in [0.25, 0.3) is 0 Å². The van der Waals surface area contributed by atoms with Crippen LogP contribution in [0.15, 0.2) is 41.6 Å². The molecule has 2 aromatic rings. The second-order valence-corrected chi connectivity index (χ2v) is 10.3. The maximum atomic E-state index is 14.2. The number of aryl methyl sites for hydroxylation is 1. The molecule has 36 heavy (non-hydrogen) atoms. The third-order valence-electron chi connectivity index (χ3n) is 5.69. The molecule has 0 bridgehead atoms. The van der Waals surface area contributed by atoms with Crippen molar-refractivity contribution >= 4 is 45.2 Å². The number of carbonyl (C=O) groups is 1. The van der Waals surface area contributed by atoms with Crippen molar-refractivity contribution < 1.29 is 39.9 Å². The monoisotopic (exact) mass is 569 g/mol. The molecule has 0 unspecified atom stereocenters. The largest absolute Gasteiger partial charge is 0.435 e. The summed E-state index contributed by atoms with van der Waals surface area (Å²) in [7, 11) is -5.06. The van der Waals surface area contributed by atoms with Crippen LogP contribution in [0.5, 0.6) is 0 Å². The molecule has 0 aliphatic carbocycles. The highest BCUT2D eigenvalue weighted by molar-refractivity contribution is 7.83. The molecule has 2 aliphatic heterocycles. The van der Waals surface area contributed by atoms with Gasteiger partial charge in [0.2, 0.25) is 0 Å². The lowest BCUT2D eigenvalue weighted by Gasteiger charge is -2.29. The van der Waals surface area contributed by atoms with Crippen LogP contribution in [0.4, 0.5) is 17.1 Å². The number of hydrogen-bond donors (Lipinski definition) is 1. The molecule has 194 valence electrons. The Labute approximate surface area is 213 Å². The fourth-order valence-electron chi connectivity index (χ4n) is 3.90. The van der Waals surface area contributed by atoms with Crippen LogP contribution in [-0.2, 0) is 25.7 Å². The number of hydroxylamine groups is 1. The summed E-state index contributed by atoms with van der Waals surface area (Å²) in [6.45, 7) is 0.891. The Balaban J connectivity index is 1.53. The molecule has 1 N–H and O–H groups in total. The Hall–Kier alpha value is -2.45. The topological polar surface area (TPSA) is 97.3 Å². The van der Waals surface area contributed by atoms with Crippen LogP contribution in [0.2, 0.25) is 10.0 Å². The average molecular weight is 570 g/mol. The molecule has 0 saturated carbocycles. The van der Waals surface area contributed by atoms with Gasteiger partial charge in [0.1, 0.15) is 0 Å². The van der Waals surface area contributed by atoms with E-state index in [0.717, 1.165) is 12.1 Å². The Kier molecular flexibility index (Phi) is 6.99. The van der Waals surface area contributed by atoms with E-state index in [9.17, 15) is 30.3 Å². The number of benzene rings is 2. The van der Waals surface area contributed by atoms with Gasteiger partial charge in [0, 0.05) is 27.6 Å². The van der Waals surface area contributed by atoms with Crippen LogP contribution in [0.1, 0.15) is 33.5 Å². The summed E-state index contributed by atoms with van der Waals surface area (Å²) in [6, 6.07) is 6.98. The van der Waals surface area contributed by atoms with Gasteiger partial charge in [0.25, 0.3) is 11.5 Å². The average Bonchev–Trinajstić information content (AvgIpc) is 3.40. The van der Waals surface area contributed by atoms with E-state index in [-0.39, 0.29) is 38.0 Å². The highest BCUT2D eigenvalue weighted by Crippen LogP contribution is 2.49. The minimum absolute atomic E-state index is 0.00396. The van der Waals surface area contributed by atoms with E-state index < -0.39 is 47.1 Å². The number of rotatable bonds is 5. The van der Waals surface area contributed by atoms with Gasteiger partial charge in [0.15, 0.2) is 0 Å². The zero-order valence-corrected chi connectivity index (χ0v) is 20.6. The standard InChI is InChI=1S/C21H17Cl2F4N3O5S/c1-11-4-12(2-3-17(11)19(31)28-16-9-30(34-10-16)36(27,32)33)18-8-20(35-29-18,21(24,25)26)13-5-14(22)7-15(23)6-13/h2-7,16H,8-10H2,1H3,(H,28,31)/t16-,20+/m1/s1. The van der Waals surface area contributed by atoms with Crippen LogP contribution in [0.3, 0.4) is 0 Å². The van der Waals surface area contributed by atoms with E-state index in [2.05, 4.69) is 10.5 Å². The van der Waals surface area contributed by atoms with Gasteiger partial charge in [-0.15, -0.1) is 0 Å². The van der Waals surface area contributed by atoms with E-state index in [1.54, 1.807) is 6.92 Å². The highest BCUT2D eigenvalue weighted by Gasteiger charge is 2.62. The van der Waals surface area contributed by atoms with Gasteiger partial charge in [-0.1, -0.05) is 42.8 Å². The van der Waals surface area contributed by atoms with Gasteiger partial charge in [-0.3, -0.25) is 9.63 Å². The van der Waals surface area contributed by atoms with E-state index in [4.69, 9.17) is 32.9 Å². The quantitative estimate of drug-likeness (QED) is 0.424. The van der Waals surface area contributed by atoms with Crippen molar-refractivity contribution in [3.8, 4) is 0 Å². The zero-order chi connectivity index (χ0) is 26.5. The fraction of sp³-hybridized carbons (Fsp3) is 0.333. The zero-order valence-electron chi connectivity index (χ0n) is 18.3. The first-order valence-electron chi connectivity index (χ1n) is 10.2. The maximum Gasteiger partial charge on any atom is 0.435 e. The normalized spacial score (nSPS) is 22.9. The van der Waals surface area contributed by atoms with Crippen molar-refractivity contribution in [1.29, 1.82) is 0 Å². The molecule has 1 saturated heterocycles. The van der Waals surface area contributed by atoms with Crippen LogP contribution >= 0.6 is 23.2 Å². The van der Waals surface area contributed by atoms with E-state index in [1.165, 1.54) is 24.3 Å². The summed E-state index contributed by atoms with van der Waals surface area (Å²) in [5, 5.41) is 6.22. The van der Waals surface area contributed by atoms with Crippen LogP contribution in [-0.4, -0.2) is 49.9 Å². The first-order valence-corrected chi connectivity index (χ1v) is 12.3. The lowest BCUT2D eigenvalue weighted by Crippen LogP contribution is -2.42. The first-order chi connectivity index (χ1) is 16.7. The Morgan fingerprint density at radius 1 is 1.19 bits per heavy atom. The molecule has 1 fully saturated rings. The van der Waals surface area contributed by atoms with Gasteiger partial charge >= 0.3 is 16.6 Å². The molecule has 2 aromatic carbocycles. The van der Waals surface area contributed by atoms with Crippen molar-refractivity contribution in [2.24, 2.45) is 5.16 Å². The van der Waals surface area contributed by atoms with E-state index in [1.807, 2.05) is 0 Å². The molecule has 15 heteroatoms. The number of hydrogen-bond acceptors (Lipinski definition) is 6. The molecule has 0 radical (unpaired) electrons. The predicted octanol–water partition coefficient (Wildman–Crippen LogP) is 4.44. The number of amides is 1. The molecule has 2 heterocycles. The lowest BCUT2D eigenvalue weighted by molar-refractivity contribution is -0.275. The SMILES string of the molecule is Cc1cc(C2=NO[C@@](c3cc(Cl)cc(Cl)c3)(C(F)(F)F)C2)ccc1C(=O)N[C@H]1CON(S(=O)(=O)F)C1. The first kappa shape index (κ1) is 26.6. The van der Waals surface area contributed by atoms with Gasteiger partial charge in [-0.2, -0.15) is 21.6 Å². The Morgan fingerprint density at radius 2 is 1.86 bits per heavy atom. The molecule has 0 aromatic heterocycles. The summed E-state index contributed by atoms with van der Waals surface area (Å²) in [5.41, 5.74) is -2.25. The predicted molar refractivity (Wildman–Crippen MR) is 122 cm³/mol. The number of nitrogens with one attached hydrogen (secondary N) is 1. The third kappa shape index (κ3) is 5.16. The maximum absolute atomic E-state index is 14.2. The molecule has 4 rings (SSSR count). The summed E-state index contributed by atoms with van der Waals surface area (Å²) in [6.07, 6.45) is -5.52. The third-order valence-corrected chi connectivity index (χ3v) is 6.86.